The number of pyridine rings is 1. The molecule has 1 N–H and O–H groups in total. The van der Waals surface area contributed by atoms with Gasteiger partial charge < -0.3 is 43.2 Å². The molecule has 2 unspecified atom stereocenters. The van der Waals surface area contributed by atoms with E-state index in [9.17, 15) is 24.3 Å². The number of carbonyl (C=O) groups excluding carboxylic acids is 4. The zero-order valence-electron chi connectivity index (χ0n) is 37.3. The van der Waals surface area contributed by atoms with Crippen molar-refractivity contribution in [3.05, 3.63) is 35.5 Å². The van der Waals surface area contributed by atoms with Gasteiger partial charge >= 0.3 is 12.1 Å². The highest BCUT2D eigenvalue weighted by Gasteiger charge is 2.60. The summed E-state index contributed by atoms with van der Waals surface area (Å²) in [6.45, 7) is 16.9. The van der Waals surface area contributed by atoms with Crippen LogP contribution in [-0.2, 0) is 44.6 Å². The molecule has 0 aromatic carbocycles. The van der Waals surface area contributed by atoms with E-state index >= 15 is 0 Å². The van der Waals surface area contributed by atoms with E-state index in [1.54, 1.807) is 51.2 Å². The standard InChI is InChI=1S/C44H66ClN5O10/c1-13-32-44(9)38(50(42(55)60-44)19-15-14-18-49-23-47-34(29(49)7)30-16-17-33(45)46-22-30)26(4)35(51)24(2)21-43(8,56-12)39(27(5)36(52)28(6)40(54)58-32)59-41-37(53)31(48(10)11)20-25(3)57-41/h16-17,22-28,31-32,37-39,41,53H,13-15,18-21H2,1-12H3/t24-,25-,26-,27+,28-,31+,32+,37-,38-,39?,41?,43+,44-/m1/s1. The number of hydrogen-bond acceptors (Lipinski definition) is 13. The lowest BCUT2D eigenvalue weighted by Gasteiger charge is -2.47. The topological polar surface area (TPSA) is 172 Å². The number of Topliss-reactive ketones (excluding diaryl/α,β-unsaturated/α-hetero) is 2. The summed E-state index contributed by atoms with van der Waals surface area (Å²) in [5.74, 6) is -5.01. The summed E-state index contributed by atoms with van der Waals surface area (Å²) >= 11 is 5.99. The number of amides is 1. The third-order valence-corrected chi connectivity index (χ3v) is 13.5. The minimum absolute atomic E-state index is 0.122. The number of likely N-dealkylation sites (N-methyl/N-ethyl adjacent to an activating group) is 1. The Balaban J connectivity index is 1.43. The second kappa shape index (κ2) is 19.3. The summed E-state index contributed by atoms with van der Waals surface area (Å²) in [4.78, 5) is 69.3. The number of imidazole rings is 1. The van der Waals surface area contributed by atoms with Gasteiger partial charge in [-0.1, -0.05) is 39.3 Å². The van der Waals surface area contributed by atoms with E-state index in [1.165, 1.54) is 14.0 Å². The number of rotatable bonds is 11. The molecule has 13 atom stereocenters. The zero-order valence-corrected chi connectivity index (χ0v) is 38.1. The van der Waals surface area contributed by atoms with E-state index in [0.717, 1.165) is 17.0 Å². The summed E-state index contributed by atoms with van der Waals surface area (Å²) in [6.07, 6.45) is 0.614. The number of aliphatic hydroxyl groups excluding tert-OH is 1. The van der Waals surface area contributed by atoms with Crippen LogP contribution in [0.25, 0.3) is 11.3 Å². The van der Waals surface area contributed by atoms with Crippen LogP contribution < -0.4 is 0 Å². The van der Waals surface area contributed by atoms with Gasteiger partial charge in [-0.3, -0.25) is 14.4 Å². The maximum atomic E-state index is 14.8. The number of unbranched alkanes of at least 4 members (excludes halogenated alkanes) is 1. The molecular weight excluding hydrogens is 794 g/mol. The molecule has 0 bridgehead atoms. The Morgan fingerprint density at radius 1 is 1.00 bits per heavy atom. The normalized spacial score (nSPS) is 35.9. The van der Waals surface area contributed by atoms with Gasteiger partial charge in [-0.2, -0.15) is 0 Å². The Bertz CT molecular complexity index is 1840. The monoisotopic (exact) mass is 859 g/mol. The smallest absolute Gasteiger partial charge is 0.410 e. The minimum atomic E-state index is -1.42. The van der Waals surface area contributed by atoms with E-state index in [2.05, 4.69) is 9.97 Å². The molecule has 3 saturated heterocycles. The lowest BCUT2D eigenvalue weighted by Crippen LogP contribution is -2.60. The SMILES string of the molecule is CC[C@@H]1OC(=O)[C@H](C)C(=O)[C@H](C)C(OC2O[C@H](C)C[C@H](N(C)C)[C@H]2O)[C@@](C)(OC)C[C@@H](C)C(=O)[C@@H](C)[C@H]2N(CCCCn3cnc(-c4ccc(Cl)nc4)c3C)C(=O)O[C@]12C. The van der Waals surface area contributed by atoms with E-state index in [1.807, 2.05) is 57.3 Å². The van der Waals surface area contributed by atoms with Gasteiger partial charge in [-0.15, -0.1) is 0 Å². The summed E-state index contributed by atoms with van der Waals surface area (Å²) in [5, 5.41) is 11.9. The number of nitrogens with zero attached hydrogens (tertiary/aromatic N) is 5. The molecule has 2 aromatic rings. The van der Waals surface area contributed by atoms with Crippen LogP contribution in [0.1, 0.15) is 93.2 Å². The van der Waals surface area contributed by atoms with Gasteiger partial charge in [0.1, 0.15) is 29.1 Å². The van der Waals surface area contributed by atoms with Crippen molar-refractivity contribution in [2.45, 2.75) is 155 Å². The molecule has 0 saturated carbocycles. The summed E-state index contributed by atoms with van der Waals surface area (Å²) < 4.78 is 33.3. The van der Waals surface area contributed by atoms with E-state index < -0.39 is 83.4 Å². The molecule has 3 aliphatic rings. The van der Waals surface area contributed by atoms with Gasteiger partial charge in [0.15, 0.2) is 17.7 Å². The Kier molecular flexibility index (Phi) is 15.3. The maximum Gasteiger partial charge on any atom is 0.410 e. The van der Waals surface area contributed by atoms with Gasteiger partial charge in [0.05, 0.1) is 35.9 Å². The van der Waals surface area contributed by atoms with Crippen LogP contribution in [0, 0.1) is 30.6 Å². The van der Waals surface area contributed by atoms with Crippen molar-refractivity contribution in [1.82, 2.24) is 24.3 Å². The van der Waals surface area contributed by atoms with Crippen LogP contribution >= 0.6 is 11.6 Å². The quantitative estimate of drug-likeness (QED) is 0.123. The zero-order chi connectivity index (χ0) is 44.4. The number of aryl methyl sites for hydroxylation is 1. The molecule has 334 valence electrons. The Morgan fingerprint density at radius 2 is 1.68 bits per heavy atom. The number of cyclic esters (lactones) is 1. The molecule has 3 fully saturated rings. The van der Waals surface area contributed by atoms with Crippen LogP contribution in [0.3, 0.4) is 0 Å². The number of methoxy groups -OCH3 is 1. The molecule has 16 heteroatoms. The molecule has 3 aliphatic heterocycles. The predicted molar refractivity (Wildman–Crippen MR) is 224 cm³/mol. The number of ketones is 2. The van der Waals surface area contributed by atoms with Crippen molar-refractivity contribution in [2.24, 2.45) is 23.7 Å². The highest BCUT2D eigenvalue weighted by Crippen LogP contribution is 2.43. The molecule has 0 radical (unpaired) electrons. The van der Waals surface area contributed by atoms with Gasteiger partial charge in [0.2, 0.25) is 0 Å². The molecule has 5 heterocycles. The Hall–Kier alpha value is -3.47. The van der Waals surface area contributed by atoms with Crippen molar-refractivity contribution < 1.29 is 48.0 Å². The van der Waals surface area contributed by atoms with Crippen molar-refractivity contribution in [2.75, 3.05) is 27.7 Å². The summed E-state index contributed by atoms with van der Waals surface area (Å²) in [7, 11) is 5.24. The summed E-state index contributed by atoms with van der Waals surface area (Å²) in [5.41, 5.74) is -0.0656. The van der Waals surface area contributed by atoms with Crippen LogP contribution in [0.2, 0.25) is 5.15 Å². The van der Waals surface area contributed by atoms with Gasteiger partial charge in [-0.25, -0.2) is 14.8 Å². The average molecular weight is 860 g/mol. The highest BCUT2D eigenvalue weighted by molar-refractivity contribution is 6.29. The van der Waals surface area contributed by atoms with Crippen LogP contribution in [0.4, 0.5) is 4.79 Å². The van der Waals surface area contributed by atoms with E-state index in [-0.39, 0.29) is 37.3 Å². The first-order valence-electron chi connectivity index (χ1n) is 21.3. The lowest BCUT2D eigenvalue weighted by molar-refractivity contribution is -0.295. The number of esters is 1. The number of aliphatic hydroxyl groups is 1. The van der Waals surface area contributed by atoms with Crippen molar-refractivity contribution >= 4 is 35.2 Å². The number of hydrogen-bond donors (Lipinski definition) is 1. The van der Waals surface area contributed by atoms with Gasteiger partial charge in [-0.05, 0) is 93.0 Å². The fourth-order valence-electron chi connectivity index (χ4n) is 9.74. The fraction of sp³-hybridized carbons (Fsp3) is 0.727. The second-order valence-corrected chi connectivity index (χ2v) is 18.2. The first-order valence-corrected chi connectivity index (χ1v) is 21.7. The van der Waals surface area contributed by atoms with E-state index in [4.69, 9.17) is 35.3 Å². The molecular formula is C44H66ClN5O10. The number of carbonyl (C=O) groups is 4. The maximum absolute atomic E-state index is 14.8. The number of fused-ring (bicyclic) bond motifs is 1. The molecule has 15 nitrogen and oxygen atoms in total. The predicted octanol–water partition coefficient (Wildman–Crippen LogP) is 5.89. The van der Waals surface area contributed by atoms with Crippen LogP contribution in [0.5, 0.6) is 0 Å². The average Bonchev–Trinajstić information content (AvgIpc) is 3.70. The molecule has 5 rings (SSSR count). The minimum Gasteiger partial charge on any atom is -0.458 e. The second-order valence-electron chi connectivity index (χ2n) is 17.8. The lowest BCUT2D eigenvalue weighted by atomic mass is 9.73. The third kappa shape index (κ3) is 9.61. The van der Waals surface area contributed by atoms with Crippen molar-refractivity contribution in [3.63, 3.8) is 0 Å². The largest absolute Gasteiger partial charge is 0.458 e. The third-order valence-electron chi connectivity index (χ3n) is 13.3. The molecule has 60 heavy (non-hydrogen) atoms. The number of ether oxygens (including phenoxy) is 5. The summed E-state index contributed by atoms with van der Waals surface area (Å²) in [6, 6.07) is 2.51. The van der Waals surface area contributed by atoms with Crippen molar-refractivity contribution in [3.8, 4) is 11.3 Å². The van der Waals surface area contributed by atoms with Crippen LogP contribution in [-0.4, -0.2) is 135 Å². The van der Waals surface area contributed by atoms with Gasteiger partial charge in [0.25, 0.3) is 0 Å². The van der Waals surface area contributed by atoms with Crippen LogP contribution in [0.15, 0.2) is 24.7 Å². The number of halogens is 1. The van der Waals surface area contributed by atoms with Gasteiger partial charge in [0, 0.05) is 61.4 Å². The molecule has 0 spiro atoms. The Labute approximate surface area is 359 Å². The molecule has 0 aliphatic carbocycles. The first kappa shape index (κ1) is 47.6. The number of aromatic nitrogens is 3. The molecule has 1 amide bonds. The highest BCUT2D eigenvalue weighted by atomic mass is 35.5. The van der Waals surface area contributed by atoms with E-state index in [0.29, 0.717) is 31.0 Å². The Morgan fingerprint density at radius 3 is 2.30 bits per heavy atom. The fourth-order valence-corrected chi connectivity index (χ4v) is 9.85. The molecule has 2 aromatic heterocycles. The van der Waals surface area contributed by atoms with Crippen molar-refractivity contribution in [1.29, 1.82) is 0 Å². The first-order chi connectivity index (χ1) is 28.2.